The molecule has 5 rings (SSSR count). The maximum Gasteiger partial charge on any atom is 0.418 e. The molecular formula is C23H21F3N2O. The third-order valence-corrected chi connectivity index (χ3v) is 5.78. The minimum absolute atomic E-state index is 0.0882. The highest BCUT2D eigenvalue weighted by Crippen LogP contribution is 2.49. The predicted octanol–water partition coefficient (Wildman–Crippen LogP) is 5.46. The molecule has 1 aromatic heterocycles. The van der Waals surface area contributed by atoms with Crippen molar-refractivity contribution in [1.29, 1.82) is 0 Å². The van der Waals surface area contributed by atoms with Crippen LogP contribution >= 0.6 is 0 Å². The first kappa shape index (κ1) is 18.3. The topological polar surface area (TPSA) is 26.9 Å². The Morgan fingerprint density at radius 3 is 2.10 bits per heavy atom. The molecule has 1 heterocycles. The van der Waals surface area contributed by atoms with Crippen LogP contribution in [0.15, 0.2) is 59.4 Å². The van der Waals surface area contributed by atoms with Gasteiger partial charge in [-0.15, -0.1) is 0 Å². The number of hydrogen-bond donors (Lipinski definition) is 0. The van der Waals surface area contributed by atoms with Gasteiger partial charge in [0.2, 0.25) is 0 Å². The Bertz CT molecular complexity index is 1100. The number of rotatable bonds is 5. The average Bonchev–Trinajstić information content (AvgIpc) is 3.60. The fourth-order valence-corrected chi connectivity index (χ4v) is 4.17. The summed E-state index contributed by atoms with van der Waals surface area (Å²) in [4.78, 5) is 13.5. The standard InChI is InChI=1S/C23H21F3N2O/c24-23(25,26)18-8-4-5-9-19(18)28-22(29)20(16-10-11-16)21(17-12-13-17)27(28)14-15-6-2-1-3-7-15/h1-9,16-17H,10-14H2. The quantitative estimate of drug-likeness (QED) is 0.561. The number of aromatic nitrogens is 2. The van der Waals surface area contributed by atoms with Crippen molar-refractivity contribution < 1.29 is 13.2 Å². The van der Waals surface area contributed by atoms with Crippen LogP contribution in [-0.4, -0.2) is 9.36 Å². The molecule has 0 aliphatic heterocycles. The third-order valence-electron chi connectivity index (χ3n) is 5.78. The van der Waals surface area contributed by atoms with Gasteiger partial charge in [0.1, 0.15) is 0 Å². The SMILES string of the molecule is O=c1c(C2CC2)c(C2CC2)n(Cc2ccccc2)n1-c1ccccc1C(F)(F)F. The number of benzene rings is 2. The second-order valence-corrected chi connectivity index (χ2v) is 8.02. The molecule has 0 unspecified atom stereocenters. The summed E-state index contributed by atoms with van der Waals surface area (Å²) in [7, 11) is 0. The molecule has 150 valence electrons. The normalized spacial score (nSPS) is 16.9. The first-order chi connectivity index (χ1) is 13.9. The van der Waals surface area contributed by atoms with Crippen LogP contribution in [0.1, 0.15) is 59.9 Å². The van der Waals surface area contributed by atoms with Gasteiger partial charge in [-0.2, -0.15) is 13.2 Å². The molecule has 2 aliphatic carbocycles. The lowest BCUT2D eigenvalue weighted by Gasteiger charge is -2.19. The fraction of sp³-hybridized carbons (Fsp3) is 0.348. The summed E-state index contributed by atoms with van der Waals surface area (Å²) < 4.78 is 44.3. The Kier molecular flexibility index (Phi) is 4.19. The summed E-state index contributed by atoms with van der Waals surface area (Å²) in [5.41, 5.74) is 1.49. The first-order valence-electron chi connectivity index (χ1n) is 10.0. The van der Waals surface area contributed by atoms with Gasteiger partial charge in [0.25, 0.3) is 5.56 Å². The Hall–Kier alpha value is -2.76. The van der Waals surface area contributed by atoms with Gasteiger partial charge in [-0.05, 0) is 49.3 Å². The molecule has 2 saturated carbocycles. The van der Waals surface area contributed by atoms with Gasteiger partial charge in [-0.1, -0.05) is 42.5 Å². The molecule has 2 fully saturated rings. The first-order valence-corrected chi connectivity index (χ1v) is 10.0. The second kappa shape index (κ2) is 6.65. The van der Waals surface area contributed by atoms with Crippen molar-refractivity contribution in [3.63, 3.8) is 0 Å². The summed E-state index contributed by atoms with van der Waals surface area (Å²) in [5.74, 6) is 0.445. The number of alkyl halides is 3. The zero-order chi connectivity index (χ0) is 20.2. The van der Waals surface area contributed by atoms with Gasteiger partial charge in [-0.3, -0.25) is 9.48 Å². The molecular weight excluding hydrogens is 377 g/mol. The Balaban J connectivity index is 1.78. The highest BCUT2D eigenvalue weighted by Gasteiger charge is 2.41. The minimum Gasteiger partial charge on any atom is -0.277 e. The molecule has 0 atom stereocenters. The lowest BCUT2D eigenvalue weighted by atomic mass is 10.1. The van der Waals surface area contributed by atoms with Crippen LogP contribution < -0.4 is 5.56 Å². The number of para-hydroxylation sites is 1. The average molecular weight is 398 g/mol. The van der Waals surface area contributed by atoms with E-state index < -0.39 is 11.7 Å². The van der Waals surface area contributed by atoms with E-state index in [-0.39, 0.29) is 23.1 Å². The van der Waals surface area contributed by atoms with Crippen LogP contribution in [0, 0.1) is 0 Å². The molecule has 0 N–H and O–H groups in total. The molecule has 2 aliphatic rings. The Morgan fingerprint density at radius 2 is 1.48 bits per heavy atom. The monoisotopic (exact) mass is 398 g/mol. The summed E-state index contributed by atoms with van der Waals surface area (Å²) in [5, 5.41) is 0. The molecule has 0 radical (unpaired) electrons. The maximum absolute atomic E-state index is 13.7. The van der Waals surface area contributed by atoms with E-state index >= 15 is 0 Å². The van der Waals surface area contributed by atoms with Crippen molar-refractivity contribution in [1.82, 2.24) is 9.36 Å². The number of hydrogen-bond acceptors (Lipinski definition) is 1. The molecule has 0 bridgehead atoms. The van der Waals surface area contributed by atoms with E-state index in [4.69, 9.17) is 0 Å². The Morgan fingerprint density at radius 1 is 0.862 bits per heavy atom. The zero-order valence-electron chi connectivity index (χ0n) is 15.8. The van der Waals surface area contributed by atoms with E-state index in [0.717, 1.165) is 48.6 Å². The van der Waals surface area contributed by atoms with Crippen LogP contribution in [0.3, 0.4) is 0 Å². The molecule has 0 spiro atoms. The zero-order valence-corrected chi connectivity index (χ0v) is 15.8. The number of halogens is 3. The van der Waals surface area contributed by atoms with Gasteiger partial charge in [-0.25, -0.2) is 4.68 Å². The maximum atomic E-state index is 13.7. The van der Waals surface area contributed by atoms with E-state index in [0.29, 0.717) is 6.54 Å². The van der Waals surface area contributed by atoms with Crippen molar-refractivity contribution in [2.75, 3.05) is 0 Å². The van der Waals surface area contributed by atoms with E-state index in [2.05, 4.69) is 0 Å². The molecule has 0 amide bonds. The van der Waals surface area contributed by atoms with E-state index in [1.54, 1.807) is 6.07 Å². The largest absolute Gasteiger partial charge is 0.418 e. The highest BCUT2D eigenvalue weighted by atomic mass is 19.4. The molecule has 29 heavy (non-hydrogen) atoms. The lowest BCUT2D eigenvalue weighted by Crippen LogP contribution is -2.26. The molecule has 0 saturated heterocycles. The molecule has 3 nitrogen and oxygen atoms in total. The highest BCUT2D eigenvalue weighted by molar-refractivity contribution is 5.45. The third kappa shape index (κ3) is 3.30. The van der Waals surface area contributed by atoms with Crippen molar-refractivity contribution in [3.05, 3.63) is 87.3 Å². The van der Waals surface area contributed by atoms with Gasteiger partial charge >= 0.3 is 6.18 Å². The predicted molar refractivity (Wildman–Crippen MR) is 105 cm³/mol. The van der Waals surface area contributed by atoms with Crippen LogP contribution in [-0.2, 0) is 12.7 Å². The van der Waals surface area contributed by atoms with Crippen LogP contribution in [0.4, 0.5) is 13.2 Å². The summed E-state index contributed by atoms with van der Waals surface area (Å²) in [6.45, 7) is 0.376. The van der Waals surface area contributed by atoms with E-state index in [9.17, 15) is 18.0 Å². The van der Waals surface area contributed by atoms with Gasteiger partial charge < -0.3 is 0 Å². The van der Waals surface area contributed by atoms with Gasteiger partial charge in [0, 0.05) is 17.2 Å². The number of nitrogens with zero attached hydrogens (tertiary/aromatic N) is 2. The molecule has 6 heteroatoms. The Labute approximate surface area is 166 Å². The van der Waals surface area contributed by atoms with Crippen LogP contribution in [0.25, 0.3) is 5.69 Å². The van der Waals surface area contributed by atoms with Crippen LogP contribution in [0.2, 0.25) is 0 Å². The van der Waals surface area contributed by atoms with Crippen LogP contribution in [0.5, 0.6) is 0 Å². The van der Waals surface area contributed by atoms with E-state index in [1.165, 1.54) is 16.8 Å². The molecule has 2 aromatic carbocycles. The lowest BCUT2D eigenvalue weighted by molar-refractivity contribution is -0.137. The summed E-state index contributed by atoms with van der Waals surface area (Å²) in [6, 6.07) is 15.0. The second-order valence-electron chi connectivity index (χ2n) is 8.02. The molecule has 3 aromatic rings. The van der Waals surface area contributed by atoms with Crippen molar-refractivity contribution in [2.45, 2.75) is 50.2 Å². The smallest absolute Gasteiger partial charge is 0.277 e. The fourth-order valence-electron chi connectivity index (χ4n) is 4.17. The van der Waals surface area contributed by atoms with E-state index in [1.807, 2.05) is 35.0 Å². The van der Waals surface area contributed by atoms with Crippen molar-refractivity contribution >= 4 is 0 Å². The summed E-state index contributed by atoms with van der Waals surface area (Å²) in [6.07, 6.45) is -0.689. The minimum atomic E-state index is -4.53. The van der Waals surface area contributed by atoms with Gasteiger partial charge in [0.15, 0.2) is 0 Å². The summed E-state index contributed by atoms with van der Waals surface area (Å²) >= 11 is 0. The van der Waals surface area contributed by atoms with Crippen molar-refractivity contribution in [2.24, 2.45) is 0 Å². The van der Waals surface area contributed by atoms with Crippen molar-refractivity contribution in [3.8, 4) is 5.69 Å². The van der Waals surface area contributed by atoms with Gasteiger partial charge in [0.05, 0.1) is 17.8 Å².